The summed E-state index contributed by atoms with van der Waals surface area (Å²) in [5.41, 5.74) is 5.81. The smallest absolute Gasteiger partial charge is 0.355 e. The predicted octanol–water partition coefficient (Wildman–Crippen LogP) is 4.87. The number of β-amino-alcohol motifs (C(OH)–C–C–N with tert-alkyl or cyclic N) is 1. The molecule has 0 aliphatic carbocycles. The Bertz CT molecular complexity index is 1080. The number of carboxylic acid groups (broad SMARTS) is 1. The number of aliphatic carboxylic acids is 1. The number of nitrogens with one attached hydrogen (secondary N) is 1. The molecule has 8 heteroatoms. The summed E-state index contributed by atoms with van der Waals surface area (Å²) in [4.78, 5) is 40.2. The Morgan fingerprint density at radius 3 is 1.73 bits per heavy atom. The number of carbonyl (C=O) groups is 3. The van der Waals surface area contributed by atoms with Gasteiger partial charge in [-0.05, 0) is 34.1 Å². The normalized spacial score (nSPS) is 18.3. The Kier molecular flexibility index (Phi) is 14.4. The average Bonchev–Trinajstić information content (AvgIpc) is 3.29. The van der Waals surface area contributed by atoms with Gasteiger partial charge < -0.3 is 20.0 Å². The van der Waals surface area contributed by atoms with Crippen LogP contribution in [0.4, 0.5) is 4.79 Å². The summed E-state index contributed by atoms with van der Waals surface area (Å²) < 4.78 is 0. The minimum atomic E-state index is -0.971. The molecule has 0 aromatic rings. The molecule has 2 amide bonds. The highest BCUT2D eigenvalue weighted by atomic mass is 16.7. The number of likely N-dealkylation sites (tertiary alicyclic amines) is 1. The minimum Gasteiger partial charge on any atom is -0.478 e. The number of urea groups is 1. The van der Waals surface area contributed by atoms with Crippen molar-refractivity contribution in [2.45, 2.75) is 40.2 Å². The van der Waals surface area contributed by atoms with Crippen LogP contribution < -0.4 is 5.48 Å². The predicted molar refractivity (Wildman–Crippen MR) is 145 cm³/mol. The molecule has 0 bridgehead atoms. The Labute approximate surface area is 218 Å². The second-order valence-electron chi connectivity index (χ2n) is 8.47. The number of allylic oxidation sites excluding steroid dienone is 16. The van der Waals surface area contributed by atoms with E-state index in [0.29, 0.717) is 13.0 Å². The number of amides is 2. The van der Waals surface area contributed by atoms with E-state index in [4.69, 9.17) is 9.94 Å². The Morgan fingerprint density at radius 1 is 0.757 bits per heavy atom. The fraction of sp³-hybridized carbons (Fsp3) is 0.276. The number of aliphatic hydroxyl groups is 1. The molecule has 0 spiro atoms. The maximum atomic E-state index is 11.8. The van der Waals surface area contributed by atoms with Gasteiger partial charge in [-0.3, -0.25) is 0 Å². The van der Waals surface area contributed by atoms with E-state index in [2.05, 4.69) is 5.48 Å². The van der Waals surface area contributed by atoms with Crippen molar-refractivity contribution in [2.75, 3.05) is 13.1 Å². The zero-order chi connectivity index (χ0) is 27.6. The average molecular weight is 509 g/mol. The quantitative estimate of drug-likeness (QED) is 0.220. The molecule has 1 saturated heterocycles. The summed E-state index contributed by atoms with van der Waals surface area (Å²) in [6.07, 6.45) is 24.5. The molecule has 198 valence electrons. The van der Waals surface area contributed by atoms with Gasteiger partial charge in [-0.1, -0.05) is 95.2 Å². The second kappa shape index (κ2) is 17.3. The van der Waals surface area contributed by atoms with Gasteiger partial charge in [-0.2, -0.15) is 5.48 Å². The topological polar surface area (TPSA) is 116 Å². The molecule has 0 aromatic heterocycles. The maximum absolute atomic E-state index is 11.8. The Morgan fingerprint density at radius 2 is 1.24 bits per heavy atom. The molecule has 0 saturated carbocycles. The van der Waals surface area contributed by atoms with E-state index in [-0.39, 0.29) is 6.54 Å². The van der Waals surface area contributed by atoms with E-state index in [1.807, 2.05) is 88.5 Å². The van der Waals surface area contributed by atoms with Gasteiger partial charge in [0.2, 0.25) is 0 Å². The Balaban J connectivity index is 2.45. The molecule has 1 heterocycles. The van der Waals surface area contributed by atoms with E-state index in [1.165, 1.54) is 11.0 Å². The number of aliphatic hydroxyl groups excluding tert-OH is 1. The van der Waals surface area contributed by atoms with E-state index in [0.717, 1.165) is 28.4 Å². The monoisotopic (exact) mass is 508 g/mol. The van der Waals surface area contributed by atoms with Crippen molar-refractivity contribution in [1.29, 1.82) is 0 Å². The molecular formula is C29H36N2O6. The van der Waals surface area contributed by atoms with Crippen molar-refractivity contribution in [3.8, 4) is 0 Å². The molecule has 0 unspecified atom stereocenters. The van der Waals surface area contributed by atoms with E-state index >= 15 is 0 Å². The number of carboxylic acids is 1. The summed E-state index contributed by atoms with van der Waals surface area (Å²) >= 11 is 0. The first kappa shape index (κ1) is 30.9. The molecule has 1 rings (SSSR count). The highest BCUT2D eigenvalue weighted by Crippen LogP contribution is 2.08. The largest absolute Gasteiger partial charge is 0.478 e. The van der Waals surface area contributed by atoms with Gasteiger partial charge in [0.15, 0.2) is 0 Å². The number of hydrogen-bond acceptors (Lipinski definition) is 5. The fourth-order valence-corrected chi connectivity index (χ4v) is 2.86. The fourth-order valence-electron chi connectivity index (χ4n) is 2.86. The third-order valence-corrected chi connectivity index (χ3v) is 4.93. The zero-order valence-electron chi connectivity index (χ0n) is 21.8. The lowest BCUT2D eigenvalue weighted by molar-refractivity contribution is -0.143. The molecule has 0 aromatic carbocycles. The van der Waals surface area contributed by atoms with Crippen LogP contribution >= 0.6 is 0 Å². The van der Waals surface area contributed by atoms with E-state index in [9.17, 15) is 19.5 Å². The van der Waals surface area contributed by atoms with Crippen molar-refractivity contribution in [3.05, 3.63) is 107 Å². The summed E-state index contributed by atoms with van der Waals surface area (Å²) in [6.45, 7) is 8.24. The molecule has 3 N–H and O–H groups in total. The van der Waals surface area contributed by atoms with Crippen LogP contribution in [-0.4, -0.2) is 52.3 Å². The highest BCUT2D eigenvalue weighted by Gasteiger charge is 2.24. The zero-order valence-corrected chi connectivity index (χ0v) is 21.8. The summed E-state index contributed by atoms with van der Waals surface area (Å²) in [7, 11) is 0. The first-order valence-corrected chi connectivity index (χ1v) is 11.8. The number of carbonyl (C=O) groups excluding carboxylic acids is 2. The highest BCUT2D eigenvalue weighted by molar-refractivity contribution is 5.84. The van der Waals surface area contributed by atoms with Crippen molar-refractivity contribution in [3.63, 3.8) is 0 Å². The summed E-state index contributed by atoms with van der Waals surface area (Å²) in [5, 5.41) is 18.1. The van der Waals surface area contributed by atoms with Gasteiger partial charge >= 0.3 is 18.0 Å². The number of hydroxylamine groups is 1. The molecule has 1 aliphatic heterocycles. The van der Waals surface area contributed by atoms with Crippen LogP contribution in [0.5, 0.6) is 0 Å². The Hall–Kier alpha value is -4.17. The van der Waals surface area contributed by atoms with Crippen LogP contribution in [-0.2, 0) is 14.4 Å². The standard InChI is InChI=1S/C29H36N2O6/c1-22(11-7-13-24(3)15-17-27(33)34)9-5-6-10-23(2)12-8-14-25(4)16-18-28(35)37-30-29(36)31-20-19-26(32)21-31/h5-18,26,32H,19-21H2,1-4H3,(H,30,36)(H,33,34)/b6-5+,11-7+,12-8+,17-15+,18-16+,22-9+,23-10+,24-13-,25-14+/t26-/m0/s1. The van der Waals surface area contributed by atoms with Crippen LogP contribution in [0.2, 0.25) is 0 Å². The lowest BCUT2D eigenvalue weighted by atomic mass is 10.2. The molecule has 1 aliphatic rings. The van der Waals surface area contributed by atoms with E-state index < -0.39 is 24.1 Å². The number of nitrogens with zero attached hydrogens (tertiary/aromatic N) is 1. The van der Waals surface area contributed by atoms with Crippen molar-refractivity contribution < 1.29 is 29.4 Å². The van der Waals surface area contributed by atoms with Crippen molar-refractivity contribution in [2.24, 2.45) is 0 Å². The lowest BCUT2D eigenvalue weighted by Gasteiger charge is -2.15. The summed E-state index contributed by atoms with van der Waals surface area (Å²) in [6, 6.07) is -0.554. The number of rotatable bonds is 10. The van der Waals surface area contributed by atoms with Gasteiger partial charge in [-0.15, -0.1) is 0 Å². The third kappa shape index (κ3) is 15.4. The maximum Gasteiger partial charge on any atom is 0.355 e. The van der Waals surface area contributed by atoms with Gasteiger partial charge in [0.05, 0.1) is 6.10 Å². The van der Waals surface area contributed by atoms with E-state index in [1.54, 1.807) is 12.2 Å². The van der Waals surface area contributed by atoms with Crippen molar-refractivity contribution >= 4 is 18.0 Å². The summed E-state index contributed by atoms with van der Waals surface area (Å²) in [5.74, 6) is -1.67. The van der Waals surface area contributed by atoms with Crippen LogP contribution in [0.15, 0.2) is 107 Å². The van der Waals surface area contributed by atoms with Crippen LogP contribution in [0.3, 0.4) is 0 Å². The van der Waals surface area contributed by atoms with Gasteiger partial charge in [0.1, 0.15) is 0 Å². The molecule has 1 atom stereocenters. The van der Waals surface area contributed by atoms with Gasteiger partial charge in [0.25, 0.3) is 0 Å². The van der Waals surface area contributed by atoms with Crippen molar-refractivity contribution in [1.82, 2.24) is 10.4 Å². The molecule has 8 nitrogen and oxygen atoms in total. The minimum absolute atomic E-state index is 0.222. The van der Waals surface area contributed by atoms with Crippen LogP contribution in [0.25, 0.3) is 0 Å². The van der Waals surface area contributed by atoms with Gasteiger partial charge in [0, 0.05) is 25.2 Å². The molecular weight excluding hydrogens is 472 g/mol. The van der Waals surface area contributed by atoms with Crippen LogP contribution in [0, 0.1) is 0 Å². The molecule has 37 heavy (non-hydrogen) atoms. The molecule has 1 fully saturated rings. The third-order valence-electron chi connectivity index (χ3n) is 4.93. The molecule has 0 radical (unpaired) electrons. The van der Waals surface area contributed by atoms with Gasteiger partial charge in [-0.25, -0.2) is 14.4 Å². The second-order valence-corrected chi connectivity index (χ2v) is 8.47. The first-order valence-electron chi connectivity index (χ1n) is 11.8. The SMILES string of the molecule is CC(=C/C=C/C(C)=C/C=C/C=C(C)/C=C/C=C(C)/C=C/C(=O)ONC(=O)N1CC[C@H](O)C1)/C=C/C(=O)O. The first-order chi connectivity index (χ1) is 17.6. The van der Waals surface area contributed by atoms with Crippen LogP contribution in [0.1, 0.15) is 34.1 Å². The number of hydrogen-bond donors (Lipinski definition) is 3. The lowest BCUT2D eigenvalue weighted by Crippen LogP contribution is -2.39.